The highest BCUT2D eigenvalue weighted by molar-refractivity contribution is 6.33. The van der Waals surface area contributed by atoms with Crippen molar-refractivity contribution in [3.63, 3.8) is 0 Å². The van der Waals surface area contributed by atoms with E-state index in [1.54, 1.807) is 19.1 Å². The third kappa shape index (κ3) is 4.65. The maximum atomic E-state index is 12.7. The Morgan fingerprint density at radius 1 is 1.13 bits per heavy atom. The van der Waals surface area contributed by atoms with Gasteiger partial charge in [0, 0.05) is 18.3 Å². The van der Waals surface area contributed by atoms with Crippen LogP contribution < -0.4 is 16.2 Å². The second-order valence-electron chi connectivity index (χ2n) is 6.82. The van der Waals surface area contributed by atoms with Crippen molar-refractivity contribution < 1.29 is 4.79 Å². The number of halogens is 1. The molecule has 156 valence electrons. The van der Waals surface area contributed by atoms with Gasteiger partial charge in [0.25, 0.3) is 11.5 Å². The van der Waals surface area contributed by atoms with Gasteiger partial charge in [-0.3, -0.25) is 9.59 Å². The van der Waals surface area contributed by atoms with Crippen LogP contribution in [0.25, 0.3) is 5.82 Å². The third-order valence-electron chi connectivity index (χ3n) is 4.69. The minimum atomic E-state index is -0.325. The molecule has 1 amide bonds. The molecule has 4 rings (SSSR count). The summed E-state index contributed by atoms with van der Waals surface area (Å²) >= 11 is 6.39. The number of carbonyl (C=O) groups is 1. The van der Waals surface area contributed by atoms with Crippen LogP contribution in [0.5, 0.6) is 0 Å². The topological polar surface area (TPSA) is 105 Å². The summed E-state index contributed by atoms with van der Waals surface area (Å²) in [5, 5.41) is 17.1. The van der Waals surface area contributed by atoms with Gasteiger partial charge in [0.05, 0.1) is 28.2 Å². The molecule has 0 aliphatic rings. The van der Waals surface area contributed by atoms with Gasteiger partial charge >= 0.3 is 0 Å². The Kier molecular flexibility index (Phi) is 5.81. The van der Waals surface area contributed by atoms with Crippen LogP contribution in [0.15, 0.2) is 71.7 Å². The monoisotopic (exact) mass is 434 g/mol. The number of carbonyl (C=O) groups excluding carboxylic acids is 1. The molecule has 0 spiro atoms. The lowest BCUT2D eigenvalue weighted by atomic mass is 10.2. The fraction of sp³-hybridized carbons (Fsp3) is 0.0909. The molecular weight excluding hydrogens is 416 g/mol. The van der Waals surface area contributed by atoms with E-state index >= 15 is 0 Å². The van der Waals surface area contributed by atoms with Gasteiger partial charge in [0.15, 0.2) is 5.82 Å². The first kappa shape index (κ1) is 20.4. The van der Waals surface area contributed by atoms with Crippen LogP contribution >= 0.6 is 11.6 Å². The van der Waals surface area contributed by atoms with E-state index in [9.17, 15) is 9.59 Å². The summed E-state index contributed by atoms with van der Waals surface area (Å²) < 4.78 is 1.48. The van der Waals surface area contributed by atoms with Crippen LogP contribution in [0.4, 0.5) is 11.4 Å². The van der Waals surface area contributed by atoms with Gasteiger partial charge in [-0.15, -0.1) is 0 Å². The van der Waals surface area contributed by atoms with E-state index in [2.05, 4.69) is 25.9 Å². The first-order valence-corrected chi connectivity index (χ1v) is 9.88. The van der Waals surface area contributed by atoms with Crippen LogP contribution in [0.3, 0.4) is 0 Å². The second kappa shape index (κ2) is 8.85. The summed E-state index contributed by atoms with van der Waals surface area (Å²) in [7, 11) is 0. The minimum Gasteiger partial charge on any atom is -0.380 e. The van der Waals surface area contributed by atoms with Crippen molar-refractivity contribution in [2.75, 3.05) is 10.6 Å². The number of hydrogen-bond acceptors (Lipinski definition) is 5. The van der Waals surface area contributed by atoms with Gasteiger partial charge in [-0.25, -0.2) is 9.78 Å². The van der Waals surface area contributed by atoms with E-state index in [0.29, 0.717) is 34.3 Å². The molecule has 9 heteroatoms. The van der Waals surface area contributed by atoms with Gasteiger partial charge < -0.3 is 10.6 Å². The number of rotatable bonds is 6. The predicted octanol–water partition coefficient (Wildman–Crippen LogP) is 3.78. The largest absolute Gasteiger partial charge is 0.380 e. The standard InChI is InChI=1S/C22H19ClN6O2/c1-14-17(13-25-29(14)20-9-10-21(30)28-27-20)22(31)26-16-7-8-19(18(23)11-16)24-12-15-5-3-2-4-6-15/h2-11,13,24H,12H2,1H3,(H,26,31)(H,28,30). The van der Waals surface area contributed by atoms with E-state index in [-0.39, 0.29) is 11.5 Å². The minimum absolute atomic E-state index is 0.315. The number of H-pyrrole nitrogens is 1. The number of nitrogens with zero attached hydrogens (tertiary/aromatic N) is 3. The first-order chi connectivity index (χ1) is 15.0. The number of aromatic amines is 1. The molecule has 0 saturated heterocycles. The van der Waals surface area contributed by atoms with Gasteiger partial charge in [-0.05, 0) is 36.8 Å². The summed E-state index contributed by atoms with van der Waals surface area (Å²) in [6.45, 7) is 2.39. The predicted molar refractivity (Wildman–Crippen MR) is 120 cm³/mol. The number of hydrogen-bond donors (Lipinski definition) is 3. The highest BCUT2D eigenvalue weighted by Crippen LogP contribution is 2.26. The molecule has 0 fully saturated rings. The summed E-state index contributed by atoms with van der Waals surface area (Å²) in [6, 6.07) is 18.2. The van der Waals surface area contributed by atoms with Crippen LogP contribution in [0.2, 0.25) is 5.02 Å². The number of benzene rings is 2. The SMILES string of the molecule is Cc1c(C(=O)Nc2ccc(NCc3ccccc3)c(Cl)c2)cnn1-c1ccc(=O)[nH]n1. The quantitative estimate of drug-likeness (QED) is 0.428. The summed E-state index contributed by atoms with van der Waals surface area (Å²) in [5.41, 5.74) is 3.14. The van der Waals surface area contributed by atoms with Crippen molar-refractivity contribution in [2.45, 2.75) is 13.5 Å². The summed E-state index contributed by atoms with van der Waals surface area (Å²) in [5.74, 6) is 0.0854. The molecule has 0 aliphatic carbocycles. The molecule has 2 heterocycles. The molecule has 2 aromatic carbocycles. The Morgan fingerprint density at radius 3 is 2.65 bits per heavy atom. The number of aromatic nitrogens is 4. The average molecular weight is 435 g/mol. The maximum absolute atomic E-state index is 12.7. The Labute approximate surface area is 182 Å². The van der Waals surface area contributed by atoms with Crippen molar-refractivity contribution in [1.29, 1.82) is 0 Å². The zero-order valence-electron chi connectivity index (χ0n) is 16.6. The van der Waals surface area contributed by atoms with E-state index in [1.165, 1.54) is 23.0 Å². The number of nitrogens with one attached hydrogen (secondary N) is 3. The lowest BCUT2D eigenvalue weighted by Crippen LogP contribution is -2.14. The molecule has 2 aromatic heterocycles. The lowest BCUT2D eigenvalue weighted by molar-refractivity contribution is 0.102. The zero-order valence-corrected chi connectivity index (χ0v) is 17.3. The number of anilines is 2. The maximum Gasteiger partial charge on any atom is 0.264 e. The summed E-state index contributed by atoms with van der Waals surface area (Å²) in [6.07, 6.45) is 1.45. The van der Waals surface area contributed by atoms with Crippen molar-refractivity contribution in [2.24, 2.45) is 0 Å². The lowest BCUT2D eigenvalue weighted by Gasteiger charge is -2.11. The molecule has 31 heavy (non-hydrogen) atoms. The van der Waals surface area contributed by atoms with Crippen molar-refractivity contribution in [1.82, 2.24) is 20.0 Å². The Hall–Kier alpha value is -3.91. The fourth-order valence-corrected chi connectivity index (χ4v) is 3.29. The van der Waals surface area contributed by atoms with Crippen molar-refractivity contribution >= 4 is 28.9 Å². The van der Waals surface area contributed by atoms with Gasteiger partial charge in [-0.1, -0.05) is 41.9 Å². The zero-order chi connectivity index (χ0) is 21.8. The molecule has 0 bridgehead atoms. The molecule has 0 radical (unpaired) electrons. The molecule has 8 nitrogen and oxygen atoms in total. The molecule has 0 unspecified atom stereocenters. The summed E-state index contributed by atoms with van der Waals surface area (Å²) in [4.78, 5) is 23.9. The highest BCUT2D eigenvalue weighted by Gasteiger charge is 2.16. The Balaban J connectivity index is 1.46. The molecule has 0 atom stereocenters. The first-order valence-electron chi connectivity index (χ1n) is 9.51. The third-order valence-corrected chi connectivity index (χ3v) is 5.00. The van der Waals surface area contributed by atoms with Gasteiger partial charge in [0.1, 0.15) is 0 Å². The van der Waals surface area contributed by atoms with E-state index in [0.717, 1.165) is 11.3 Å². The molecule has 4 aromatic rings. The van der Waals surface area contributed by atoms with E-state index in [1.807, 2.05) is 36.4 Å². The second-order valence-corrected chi connectivity index (χ2v) is 7.23. The average Bonchev–Trinajstić information content (AvgIpc) is 3.16. The number of amides is 1. The smallest absolute Gasteiger partial charge is 0.264 e. The van der Waals surface area contributed by atoms with Crippen molar-refractivity contribution in [3.8, 4) is 5.82 Å². The van der Waals surface area contributed by atoms with Crippen LogP contribution in [0.1, 0.15) is 21.6 Å². The van der Waals surface area contributed by atoms with Crippen molar-refractivity contribution in [3.05, 3.63) is 99.1 Å². The molecule has 0 saturated carbocycles. The fourth-order valence-electron chi connectivity index (χ4n) is 3.05. The normalized spacial score (nSPS) is 10.6. The van der Waals surface area contributed by atoms with Crippen LogP contribution in [-0.4, -0.2) is 25.9 Å². The van der Waals surface area contributed by atoms with Crippen LogP contribution in [0, 0.1) is 6.92 Å². The Morgan fingerprint density at radius 2 is 1.94 bits per heavy atom. The Bertz CT molecular complexity index is 1260. The van der Waals surface area contributed by atoms with Gasteiger partial charge in [0.2, 0.25) is 0 Å². The van der Waals surface area contributed by atoms with E-state index in [4.69, 9.17) is 11.6 Å². The van der Waals surface area contributed by atoms with Crippen LogP contribution in [-0.2, 0) is 6.54 Å². The molecule has 3 N–H and O–H groups in total. The van der Waals surface area contributed by atoms with Gasteiger partial charge in [-0.2, -0.15) is 10.2 Å². The van der Waals surface area contributed by atoms with E-state index < -0.39 is 0 Å². The molecular formula is C22H19ClN6O2. The highest BCUT2D eigenvalue weighted by atomic mass is 35.5. The molecule has 0 aliphatic heterocycles.